The van der Waals surface area contributed by atoms with Gasteiger partial charge < -0.3 is 14.1 Å². The predicted molar refractivity (Wildman–Crippen MR) is 121 cm³/mol. The number of rotatable bonds is 4. The summed E-state index contributed by atoms with van der Waals surface area (Å²) in [5.74, 6) is 0.711. The van der Waals surface area contributed by atoms with E-state index in [4.69, 9.17) is 9.15 Å². The van der Waals surface area contributed by atoms with Crippen molar-refractivity contribution in [2.45, 2.75) is 51.6 Å². The monoisotopic (exact) mass is 428 g/mol. The second-order valence-electron chi connectivity index (χ2n) is 8.71. The van der Waals surface area contributed by atoms with Crippen LogP contribution in [0.2, 0.25) is 0 Å². The molecular weight excluding hydrogens is 404 g/mol. The molecule has 0 saturated heterocycles. The molecule has 1 aliphatic heterocycles. The number of hydrogen-bond donors (Lipinski definition) is 0. The zero-order valence-corrected chi connectivity index (χ0v) is 18.1. The van der Waals surface area contributed by atoms with Crippen molar-refractivity contribution in [1.82, 2.24) is 14.8 Å². The highest BCUT2D eigenvalue weighted by atomic mass is 16.6. The highest BCUT2D eigenvalue weighted by Crippen LogP contribution is 2.45. The third kappa shape index (κ3) is 3.16. The Morgan fingerprint density at radius 3 is 2.78 bits per heavy atom. The largest absolute Gasteiger partial charge is 0.410 e. The standard InChI is InChI=1S/C25H24N4O3/c1-15-7-10-20-22(29(15)16(2)30)12-11-19(17-13-26-28(14-17)18-8-9-18)24(20)32-25-27-21-5-3-4-6-23(21)31-25/h3-6,11-15,18H,7-10H2,1-2H3/t15-/m0/s1. The van der Waals surface area contributed by atoms with Crippen molar-refractivity contribution in [3.63, 3.8) is 0 Å². The number of oxazole rings is 1. The van der Waals surface area contributed by atoms with Gasteiger partial charge in [-0.3, -0.25) is 9.48 Å². The summed E-state index contributed by atoms with van der Waals surface area (Å²) in [5.41, 5.74) is 5.22. The van der Waals surface area contributed by atoms with E-state index in [-0.39, 0.29) is 18.0 Å². The Hall–Kier alpha value is -3.61. The smallest absolute Gasteiger partial charge is 0.400 e. The molecule has 0 bridgehead atoms. The number of carbonyl (C=O) groups is 1. The van der Waals surface area contributed by atoms with Crippen LogP contribution >= 0.6 is 0 Å². The van der Waals surface area contributed by atoms with Gasteiger partial charge in [0.15, 0.2) is 5.58 Å². The first-order valence-corrected chi connectivity index (χ1v) is 11.1. The van der Waals surface area contributed by atoms with Gasteiger partial charge >= 0.3 is 6.08 Å². The van der Waals surface area contributed by atoms with E-state index in [9.17, 15) is 4.79 Å². The van der Waals surface area contributed by atoms with Gasteiger partial charge in [-0.15, -0.1) is 0 Å². The molecule has 4 aromatic rings. The Labute approximate surface area is 185 Å². The third-order valence-electron chi connectivity index (χ3n) is 6.38. The van der Waals surface area contributed by atoms with E-state index >= 15 is 0 Å². The van der Waals surface area contributed by atoms with Crippen molar-refractivity contribution in [3.8, 4) is 23.0 Å². The van der Waals surface area contributed by atoms with Gasteiger partial charge in [0.1, 0.15) is 11.3 Å². The molecule has 2 aromatic carbocycles. The van der Waals surface area contributed by atoms with Gasteiger partial charge in [-0.05, 0) is 56.9 Å². The Morgan fingerprint density at radius 1 is 1.16 bits per heavy atom. The van der Waals surface area contributed by atoms with Crippen molar-refractivity contribution in [3.05, 3.63) is 54.4 Å². The summed E-state index contributed by atoms with van der Waals surface area (Å²) >= 11 is 0. The topological polar surface area (TPSA) is 73.4 Å². The Bertz CT molecular complexity index is 1300. The van der Waals surface area contributed by atoms with Crippen LogP contribution in [-0.4, -0.2) is 26.7 Å². The Kier molecular flexibility index (Phi) is 4.31. The van der Waals surface area contributed by atoms with Gasteiger partial charge in [-0.25, -0.2) is 0 Å². The first-order valence-electron chi connectivity index (χ1n) is 11.1. The van der Waals surface area contributed by atoms with E-state index in [2.05, 4.69) is 23.2 Å². The van der Waals surface area contributed by atoms with E-state index < -0.39 is 0 Å². The summed E-state index contributed by atoms with van der Waals surface area (Å²) in [7, 11) is 0. The van der Waals surface area contributed by atoms with Crippen LogP contribution in [0.5, 0.6) is 11.8 Å². The third-order valence-corrected chi connectivity index (χ3v) is 6.38. The average Bonchev–Trinajstić information content (AvgIpc) is 3.36. The van der Waals surface area contributed by atoms with Crippen LogP contribution in [0, 0.1) is 0 Å². The molecular formula is C25H24N4O3. The number of ether oxygens (including phenoxy) is 1. The molecule has 0 radical (unpaired) electrons. The van der Waals surface area contributed by atoms with Crippen molar-refractivity contribution in [1.29, 1.82) is 0 Å². The second-order valence-corrected chi connectivity index (χ2v) is 8.71. The highest BCUT2D eigenvalue weighted by Gasteiger charge is 2.31. The molecule has 1 amide bonds. The maximum absolute atomic E-state index is 12.4. The van der Waals surface area contributed by atoms with Crippen molar-refractivity contribution in [2.75, 3.05) is 4.90 Å². The van der Waals surface area contributed by atoms with Gasteiger partial charge in [0.05, 0.1) is 17.9 Å². The molecule has 1 aliphatic carbocycles. The van der Waals surface area contributed by atoms with Crippen LogP contribution in [0.3, 0.4) is 0 Å². The maximum atomic E-state index is 12.4. The van der Waals surface area contributed by atoms with Gasteiger partial charge in [-0.2, -0.15) is 10.1 Å². The van der Waals surface area contributed by atoms with Crippen LogP contribution < -0.4 is 9.64 Å². The minimum atomic E-state index is 0.0283. The summed E-state index contributed by atoms with van der Waals surface area (Å²) in [6.07, 6.45) is 8.16. The fourth-order valence-corrected chi connectivity index (χ4v) is 4.63. The van der Waals surface area contributed by atoms with Crippen molar-refractivity contribution in [2.24, 2.45) is 0 Å². The number of aromatic nitrogens is 3. The number of carbonyl (C=O) groups excluding carboxylic acids is 1. The van der Waals surface area contributed by atoms with Crippen LogP contribution in [-0.2, 0) is 11.2 Å². The summed E-state index contributed by atoms with van der Waals surface area (Å²) in [5, 5.41) is 4.56. The normalized spacial score (nSPS) is 18.1. The lowest BCUT2D eigenvalue weighted by atomic mass is 9.92. The van der Waals surface area contributed by atoms with Crippen molar-refractivity contribution < 1.29 is 13.9 Å². The molecule has 1 atom stereocenters. The average molecular weight is 428 g/mol. The number of para-hydroxylation sites is 2. The Balaban J connectivity index is 1.50. The molecule has 6 rings (SSSR count). The molecule has 1 saturated carbocycles. The van der Waals surface area contributed by atoms with E-state index in [1.807, 2.05) is 52.2 Å². The summed E-state index contributed by atoms with van der Waals surface area (Å²) in [6, 6.07) is 12.3. The highest BCUT2D eigenvalue weighted by molar-refractivity contribution is 5.95. The SMILES string of the molecule is CC(=O)N1c2ccc(-c3cnn(C4CC4)c3)c(Oc3nc4ccccc4o3)c2CC[C@@H]1C. The number of hydrogen-bond acceptors (Lipinski definition) is 5. The molecule has 7 heteroatoms. The zero-order valence-electron chi connectivity index (χ0n) is 18.1. The first kappa shape index (κ1) is 19.1. The molecule has 2 aromatic heterocycles. The lowest BCUT2D eigenvalue weighted by molar-refractivity contribution is -0.117. The first-order chi connectivity index (χ1) is 15.6. The predicted octanol–water partition coefficient (Wildman–Crippen LogP) is 5.51. The lowest BCUT2D eigenvalue weighted by Gasteiger charge is -2.35. The van der Waals surface area contributed by atoms with Gasteiger partial charge in [0, 0.05) is 35.9 Å². The molecule has 2 aliphatic rings. The number of anilines is 1. The van der Waals surface area contributed by atoms with Crippen LogP contribution in [0.15, 0.2) is 53.2 Å². The Morgan fingerprint density at radius 2 is 2.00 bits per heavy atom. The van der Waals surface area contributed by atoms with E-state index in [1.165, 1.54) is 12.8 Å². The molecule has 162 valence electrons. The summed E-state index contributed by atoms with van der Waals surface area (Å²) in [4.78, 5) is 18.8. The lowest BCUT2D eigenvalue weighted by Crippen LogP contribution is -2.40. The second kappa shape index (κ2) is 7.22. The van der Waals surface area contributed by atoms with E-state index in [1.54, 1.807) is 6.92 Å². The van der Waals surface area contributed by atoms with Gasteiger partial charge in [0.2, 0.25) is 5.91 Å². The van der Waals surface area contributed by atoms with Crippen LogP contribution in [0.4, 0.5) is 5.69 Å². The molecule has 0 spiro atoms. The van der Waals surface area contributed by atoms with Crippen LogP contribution in [0.25, 0.3) is 22.2 Å². The van der Waals surface area contributed by atoms with Crippen molar-refractivity contribution >= 4 is 22.7 Å². The van der Waals surface area contributed by atoms with Gasteiger partial charge in [0.25, 0.3) is 0 Å². The maximum Gasteiger partial charge on any atom is 0.400 e. The molecule has 0 N–H and O–H groups in total. The number of amides is 1. The number of nitrogens with zero attached hydrogens (tertiary/aromatic N) is 4. The number of fused-ring (bicyclic) bond motifs is 2. The fourth-order valence-electron chi connectivity index (χ4n) is 4.63. The zero-order chi connectivity index (χ0) is 21.8. The van der Waals surface area contributed by atoms with E-state index in [0.717, 1.165) is 40.7 Å². The molecule has 0 unspecified atom stereocenters. The quantitative estimate of drug-likeness (QED) is 0.429. The molecule has 7 nitrogen and oxygen atoms in total. The number of benzene rings is 2. The molecule has 32 heavy (non-hydrogen) atoms. The molecule has 3 heterocycles. The van der Waals surface area contributed by atoms with E-state index in [0.29, 0.717) is 17.4 Å². The minimum Gasteiger partial charge on any atom is -0.410 e. The minimum absolute atomic E-state index is 0.0283. The fraction of sp³-hybridized carbons (Fsp3) is 0.320. The van der Waals surface area contributed by atoms with Gasteiger partial charge in [-0.1, -0.05) is 12.1 Å². The summed E-state index contributed by atoms with van der Waals surface area (Å²) < 4.78 is 14.2. The molecule has 1 fully saturated rings. The summed E-state index contributed by atoms with van der Waals surface area (Å²) in [6.45, 7) is 3.69. The van der Waals surface area contributed by atoms with Crippen LogP contribution in [0.1, 0.15) is 44.7 Å².